The molecular formula is C22H27N3O3S. The van der Waals surface area contributed by atoms with Crippen LogP contribution in [0.2, 0.25) is 0 Å². The van der Waals surface area contributed by atoms with Crippen LogP contribution in [0.4, 0.5) is 16.2 Å². The fourth-order valence-corrected chi connectivity index (χ4v) is 4.38. The van der Waals surface area contributed by atoms with Crippen molar-refractivity contribution in [2.24, 2.45) is 5.73 Å². The Hall–Kier alpha value is -2.67. The lowest BCUT2D eigenvalue weighted by Gasteiger charge is -2.40. The Labute approximate surface area is 175 Å². The number of benzene rings is 2. The number of nitrogens with one attached hydrogen (secondary N) is 1. The second-order valence-corrected chi connectivity index (χ2v) is 8.17. The van der Waals surface area contributed by atoms with E-state index in [1.807, 2.05) is 54.3 Å². The van der Waals surface area contributed by atoms with Gasteiger partial charge >= 0.3 is 6.09 Å². The summed E-state index contributed by atoms with van der Waals surface area (Å²) < 4.78 is 4.74. The van der Waals surface area contributed by atoms with E-state index >= 15 is 0 Å². The molecular weight excluding hydrogens is 386 g/mol. The predicted octanol–water partition coefficient (Wildman–Crippen LogP) is 4.56. The van der Waals surface area contributed by atoms with Gasteiger partial charge in [0.25, 0.3) is 0 Å². The van der Waals surface area contributed by atoms with Gasteiger partial charge in [0.05, 0.1) is 6.04 Å². The molecule has 0 aliphatic carbocycles. The van der Waals surface area contributed by atoms with Gasteiger partial charge in [-0.2, -0.15) is 0 Å². The molecule has 2 aromatic carbocycles. The first-order chi connectivity index (χ1) is 14.0. The highest BCUT2D eigenvalue weighted by Gasteiger charge is 2.32. The van der Waals surface area contributed by atoms with Crippen LogP contribution in [0, 0.1) is 0 Å². The maximum absolute atomic E-state index is 12.5. The molecule has 3 N–H and O–H groups in total. The van der Waals surface area contributed by atoms with Crippen LogP contribution in [0.25, 0.3) is 0 Å². The van der Waals surface area contributed by atoms with E-state index in [-0.39, 0.29) is 18.0 Å². The molecule has 0 radical (unpaired) electrons. The number of hydrogen-bond acceptors (Lipinski definition) is 5. The molecule has 3 rings (SSSR count). The van der Waals surface area contributed by atoms with Gasteiger partial charge in [0, 0.05) is 34.5 Å². The lowest BCUT2D eigenvalue weighted by atomic mass is 9.91. The number of carbonyl (C=O) groups excluding carboxylic acids is 2. The van der Waals surface area contributed by atoms with Crippen molar-refractivity contribution in [1.29, 1.82) is 0 Å². The summed E-state index contributed by atoms with van der Waals surface area (Å²) in [4.78, 5) is 26.1. The van der Waals surface area contributed by atoms with Crippen molar-refractivity contribution in [1.82, 2.24) is 0 Å². The SMILES string of the molecule is CCC(=O)N1c2ccccc2[C@H](Nc2ccc(SCCOC(N)=O)cc2)C[C@@H]1C. The van der Waals surface area contributed by atoms with Crippen molar-refractivity contribution in [3.8, 4) is 0 Å². The Morgan fingerprint density at radius 3 is 2.62 bits per heavy atom. The number of nitrogens with two attached hydrogens (primary N) is 1. The van der Waals surface area contributed by atoms with Crippen molar-refractivity contribution in [3.05, 3.63) is 54.1 Å². The van der Waals surface area contributed by atoms with Crippen LogP contribution in [0.15, 0.2) is 53.4 Å². The molecule has 0 aromatic heterocycles. The molecule has 6 nitrogen and oxygen atoms in total. The van der Waals surface area contributed by atoms with Gasteiger partial charge in [0.15, 0.2) is 0 Å². The number of anilines is 2. The monoisotopic (exact) mass is 413 g/mol. The topological polar surface area (TPSA) is 84.7 Å². The van der Waals surface area contributed by atoms with Crippen LogP contribution in [0.1, 0.15) is 38.3 Å². The van der Waals surface area contributed by atoms with Gasteiger partial charge in [0.2, 0.25) is 5.91 Å². The first-order valence-electron chi connectivity index (χ1n) is 9.82. The second-order valence-electron chi connectivity index (χ2n) is 7.00. The highest BCUT2D eigenvalue weighted by Crippen LogP contribution is 2.39. The van der Waals surface area contributed by atoms with E-state index < -0.39 is 6.09 Å². The van der Waals surface area contributed by atoms with E-state index in [0.29, 0.717) is 18.8 Å². The predicted molar refractivity (Wildman–Crippen MR) is 117 cm³/mol. The Kier molecular flexibility index (Phi) is 7.04. The zero-order valence-electron chi connectivity index (χ0n) is 16.8. The van der Waals surface area contributed by atoms with Crippen LogP contribution in [-0.2, 0) is 9.53 Å². The smallest absolute Gasteiger partial charge is 0.404 e. The molecule has 1 aliphatic heterocycles. The summed E-state index contributed by atoms with van der Waals surface area (Å²) >= 11 is 1.61. The van der Waals surface area contributed by atoms with Crippen molar-refractivity contribution in [2.75, 3.05) is 22.6 Å². The Morgan fingerprint density at radius 1 is 1.21 bits per heavy atom. The summed E-state index contributed by atoms with van der Waals surface area (Å²) in [5.41, 5.74) is 8.13. The summed E-state index contributed by atoms with van der Waals surface area (Å²) in [7, 11) is 0. The lowest BCUT2D eigenvalue weighted by Crippen LogP contribution is -2.44. The molecule has 0 unspecified atom stereocenters. The standard InChI is InChI=1S/C22H27N3O3S/c1-3-21(26)25-15(2)14-19(18-6-4-5-7-20(18)25)24-16-8-10-17(11-9-16)29-13-12-28-22(23)27/h4-11,15,19,24H,3,12-14H2,1-2H3,(H2,23,27)/t15-,19+/m0/s1. The Bertz CT molecular complexity index is 857. The van der Waals surface area contributed by atoms with E-state index in [0.717, 1.165) is 28.3 Å². The third-order valence-corrected chi connectivity index (χ3v) is 5.93. The van der Waals surface area contributed by atoms with Crippen LogP contribution in [0.3, 0.4) is 0 Å². The molecule has 0 bridgehead atoms. The number of amides is 2. The summed E-state index contributed by atoms with van der Waals surface area (Å²) in [5, 5.41) is 3.62. The lowest BCUT2D eigenvalue weighted by molar-refractivity contribution is -0.118. The first-order valence-corrected chi connectivity index (χ1v) is 10.8. The summed E-state index contributed by atoms with van der Waals surface area (Å²) in [5.74, 6) is 0.815. The second kappa shape index (κ2) is 9.69. The third kappa shape index (κ3) is 5.23. The van der Waals surface area contributed by atoms with Crippen molar-refractivity contribution < 1.29 is 14.3 Å². The van der Waals surface area contributed by atoms with Crippen LogP contribution >= 0.6 is 11.8 Å². The number of primary amides is 1. The number of thioether (sulfide) groups is 1. The van der Waals surface area contributed by atoms with Crippen LogP contribution in [0.5, 0.6) is 0 Å². The number of rotatable bonds is 7. The molecule has 2 amide bonds. The minimum Gasteiger partial charge on any atom is -0.449 e. The van der Waals surface area contributed by atoms with Gasteiger partial charge in [-0.25, -0.2) is 4.79 Å². The number of nitrogens with zero attached hydrogens (tertiary/aromatic N) is 1. The molecule has 0 fully saturated rings. The van der Waals surface area contributed by atoms with E-state index in [1.165, 1.54) is 0 Å². The molecule has 154 valence electrons. The van der Waals surface area contributed by atoms with E-state index in [2.05, 4.69) is 18.3 Å². The largest absolute Gasteiger partial charge is 0.449 e. The summed E-state index contributed by atoms with van der Waals surface area (Å²) in [6.45, 7) is 4.30. The molecule has 29 heavy (non-hydrogen) atoms. The molecule has 7 heteroatoms. The minimum atomic E-state index is -0.744. The van der Waals surface area contributed by atoms with E-state index in [4.69, 9.17) is 10.5 Å². The zero-order chi connectivity index (χ0) is 20.8. The average Bonchev–Trinajstić information content (AvgIpc) is 2.72. The number of para-hydroxylation sites is 1. The van der Waals surface area contributed by atoms with E-state index in [9.17, 15) is 9.59 Å². The third-order valence-electron chi connectivity index (χ3n) is 4.95. The van der Waals surface area contributed by atoms with Gasteiger partial charge in [-0.15, -0.1) is 11.8 Å². The van der Waals surface area contributed by atoms with Crippen molar-refractivity contribution >= 4 is 35.1 Å². The first kappa shape index (κ1) is 21.0. The molecule has 0 saturated carbocycles. The number of carbonyl (C=O) groups is 2. The highest BCUT2D eigenvalue weighted by atomic mass is 32.2. The molecule has 2 atom stereocenters. The van der Waals surface area contributed by atoms with Gasteiger partial charge in [-0.05, 0) is 49.2 Å². The van der Waals surface area contributed by atoms with Crippen LogP contribution in [-0.4, -0.2) is 30.4 Å². The fraction of sp³-hybridized carbons (Fsp3) is 0.364. The maximum atomic E-state index is 12.5. The summed E-state index contributed by atoms with van der Waals surface area (Å²) in [6.07, 6.45) is 0.607. The molecule has 2 aromatic rings. The maximum Gasteiger partial charge on any atom is 0.404 e. The highest BCUT2D eigenvalue weighted by molar-refractivity contribution is 7.99. The Balaban J connectivity index is 1.68. The van der Waals surface area contributed by atoms with E-state index in [1.54, 1.807) is 11.8 Å². The van der Waals surface area contributed by atoms with Gasteiger partial charge < -0.3 is 20.7 Å². The number of hydrogen-bond donors (Lipinski definition) is 2. The minimum absolute atomic E-state index is 0.134. The van der Waals surface area contributed by atoms with Gasteiger partial charge in [0.1, 0.15) is 6.61 Å². The number of ether oxygens (including phenoxy) is 1. The molecule has 0 saturated heterocycles. The van der Waals surface area contributed by atoms with Crippen molar-refractivity contribution in [2.45, 2.75) is 43.7 Å². The molecule has 0 spiro atoms. The quantitative estimate of drug-likeness (QED) is 0.513. The van der Waals surface area contributed by atoms with Gasteiger partial charge in [-0.3, -0.25) is 4.79 Å². The zero-order valence-corrected chi connectivity index (χ0v) is 17.6. The van der Waals surface area contributed by atoms with Crippen LogP contribution < -0.4 is 16.0 Å². The molecule has 1 aliphatic rings. The molecule has 1 heterocycles. The normalized spacial score (nSPS) is 18.1. The average molecular weight is 414 g/mol. The van der Waals surface area contributed by atoms with Crippen molar-refractivity contribution in [3.63, 3.8) is 0 Å². The van der Waals surface area contributed by atoms with Gasteiger partial charge in [-0.1, -0.05) is 25.1 Å². The Morgan fingerprint density at radius 2 is 1.93 bits per heavy atom. The fourth-order valence-electron chi connectivity index (χ4n) is 3.65. The summed E-state index contributed by atoms with van der Waals surface area (Å²) in [6, 6.07) is 16.6. The number of fused-ring (bicyclic) bond motifs is 1.